The molecule has 1 N–H and O–H groups in total. The lowest BCUT2D eigenvalue weighted by molar-refractivity contribution is 0.198. The van der Waals surface area contributed by atoms with Crippen LogP contribution in [0, 0.1) is 0 Å². The fourth-order valence-electron chi connectivity index (χ4n) is 2.31. The molecule has 20 heavy (non-hydrogen) atoms. The molecule has 0 aliphatic carbocycles. The van der Waals surface area contributed by atoms with Gasteiger partial charge in [-0.2, -0.15) is 0 Å². The predicted octanol–water partition coefficient (Wildman–Crippen LogP) is 2.22. The van der Waals surface area contributed by atoms with Crippen LogP contribution < -0.4 is 4.90 Å². The van der Waals surface area contributed by atoms with E-state index in [1.54, 1.807) is 6.20 Å². The summed E-state index contributed by atoms with van der Waals surface area (Å²) in [5, 5.41) is 9.58. The third-order valence-electron chi connectivity index (χ3n) is 3.37. The van der Waals surface area contributed by atoms with Gasteiger partial charge in [0.15, 0.2) is 5.82 Å². The van der Waals surface area contributed by atoms with E-state index < -0.39 is 0 Å². The summed E-state index contributed by atoms with van der Waals surface area (Å²) in [6.07, 6.45) is 6.23. The maximum Gasteiger partial charge on any atom is 0.154 e. The SMILES string of the molecule is OC1CCN(c2ccnc(/C=C/c3ccccc3)n2)C1. The van der Waals surface area contributed by atoms with Gasteiger partial charge in [0.2, 0.25) is 0 Å². The maximum absolute atomic E-state index is 9.58. The zero-order valence-corrected chi connectivity index (χ0v) is 11.2. The molecule has 1 aliphatic rings. The highest BCUT2D eigenvalue weighted by molar-refractivity contribution is 5.66. The summed E-state index contributed by atoms with van der Waals surface area (Å²) in [5.74, 6) is 1.57. The van der Waals surface area contributed by atoms with Gasteiger partial charge in [-0.15, -0.1) is 0 Å². The number of aliphatic hydroxyl groups is 1. The van der Waals surface area contributed by atoms with Gasteiger partial charge in [-0.1, -0.05) is 36.4 Å². The molecule has 0 radical (unpaired) electrons. The van der Waals surface area contributed by atoms with E-state index >= 15 is 0 Å². The van der Waals surface area contributed by atoms with Gasteiger partial charge in [-0.05, 0) is 24.1 Å². The summed E-state index contributed by atoms with van der Waals surface area (Å²) >= 11 is 0. The first-order chi connectivity index (χ1) is 9.81. The Bertz CT molecular complexity index is 598. The van der Waals surface area contributed by atoms with Crippen LogP contribution in [-0.2, 0) is 0 Å². The quantitative estimate of drug-likeness (QED) is 0.926. The first-order valence-electron chi connectivity index (χ1n) is 6.80. The Morgan fingerprint density at radius 1 is 1.15 bits per heavy atom. The van der Waals surface area contributed by atoms with Crippen molar-refractivity contribution in [3.8, 4) is 0 Å². The molecule has 4 nitrogen and oxygen atoms in total. The van der Waals surface area contributed by atoms with Crippen molar-refractivity contribution in [2.45, 2.75) is 12.5 Å². The van der Waals surface area contributed by atoms with E-state index in [9.17, 15) is 5.11 Å². The summed E-state index contributed by atoms with van der Waals surface area (Å²) < 4.78 is 0. The Morgan fingerprint density at radius 3 is 2.75 bits per heavy atom. The molecule has 1 aliphatic heterocycles. The van der Waals surface area contributed by atoms with Crippen molar-refractivity contribution in [2.75, 3.05) is 18.0 Å². The normalized spacial score (nSPS) is 18.9. The first-order valence-corrected chi connectivity index (χ1v) is 6.80. The second-order valence-electron chi connectivity index (χ2n) is 4.91. The van der Waals surface area contributed by atoms with E-state index in [0.717, 1.165) is 24.3 Å². The summed E-state index contributed by atoms with van der Waals surface area (Å²) in [4.78, 5) is 10.9. The standard InChI is InChI=1S/C16H17N3O/c20-14-9-11-19(12-14)16-8-10-17-15(18-16)7-6-13-4-2-1-3-5-13/h1-8,10,14,20H,9,11-12H2/b7-6+. The van der Waals surface area contributed by atoms with Crippen molar-refractivity contribution in [3.63, 3.8) is 0 Å². The minimum Gasteiger partial charge on any atom is -0.391 e. The van der Waals surface area contributed by atoms with Crippen LogP contribution in [0.25, 0.3) is 12.2 Å². The molecule has 1 unspecified atom stereocenters. The van der Waals surface area contributed by atoms with Crippen LogP contribution in [-0.4, -0.2) is 34.3 Å². The molecule has 1 fully saturated rings. The molecular formula is C16H17N3O. The van der Waals surface area contributed by atoms with Crippen LogP contribution in [0.15, 0.2) is 42.6 Å². The van der Waals surface area contributed by atoms with Crippen molar-refractivity contribution in [1.29, 1.82) is 0 Å². The Balaban J connectivity index is 1.76. The number of hydrogen-bond acceptors (Lipinski definition) is 4. The van der Waals surface area contributed by atoms with Gasteiger partial charge in [0.1, 0.15) is 5.82 Å². The topological polar surface area (TPSA) is 49.2 Å². The van der Waals surface area contributed by atoms with Crippen LogP contribution in [0.2, 0.25) is 0 Å². The van der Waals surface area contributed by atoms with Crippen LogP contribution in [0.4, 0.5) is 5.82 Å². The lowest BCUT2D eigenvalue weighted by Gasteiger charge is -2.16. The van der Waals surface area contributed by atoms with Crippen molar-refractivity contribution in [3.05, 3.63) is 54.0 Å². The number of aromatic nitrogens is 2. The van der Waals surface area contributed by atoms with E-state index in [-0.39, 0.29) is 6.10 Å². The molecule has 102 valence electrons. The average molecular weight is 267 g/mol. The Morgan fingerprint density at radius 2 is 2.00 bits per heavy atom. The van der Waals surface area contributed by atoms with Crippen molar-refractivity contribution in [2.24, 2.45) is 0 Å². The molecule has 3 rings (SSSR count). The highest BCUT2D eigenvalue weighted by atomic mass is 16.3. The van der Waals surface area contributed by atoms with Gasteiger partial charge in [0.05, 0.1) is 6.10 Å². The number of β-amino-alcohol motifs (C(OH)–C–C–N with tert-alkyl or cyclic N) is 1. The molecule has 1 atom stereocenters. The molecule has 0 bridgehead atoms. The van der Waals surface area contributed by atoms with Crippen LogP contribution in [0.5, 0.6) is 0 Å². The molecular weight excluding hydrogens is 250 g/mol. The molecule has 1 saturated heterocycles. The number of anilines is 1. The molecule has 0 saturated carbocycles. The van der Waals surface area contributed by atoms with E-state index in [1.165, 1.54) is 0 Å². The van der Waals surface area contributed by atoms with E-state index in [1.807, 2.05) is 48.6 Å². The van der Waals surface area contributed by atoms with Gasteiger partial charge in [-0.25, -0.2) is 9.97 Å². The first kappa shape index (κ1) is 12.8. The minimum atomic E-state index is -0.242. The fourth-order valence-corrected chi connectivity index (χ4v) is 2.31. The zero-order chi connectivity index (χ0) is 13.8. The van der Waals surface area contributed by atoms with Crippen molar-refractivity contribution < 1.29 is 5.11 Å². The molecule has 1 aromatic heterocycles. The van der Waals surface area contributed by atoms with E-state index in [2.05, 4.69) is 14.9 Å². The van der Waals surface area contributed by atoms with Gasteiger partial charge in [-0.3, -0.25) is 0 Å². The Labute approximate surface area is 118 Å². The molecule has 1 aromatic carbocycles. The molecule has 0 amide bonds. The predicted molar refractivity (Wildman–Crippen MR) is 80.2 cm³/mol. The number of rotatable bonds is 3. The Kier molecular flexibility index (Phi) is 3.74. The third kappa shape index (κ3) is 3.03. The molecule has 2 aromatic rings. The summed E-state index contributed by atoms with van der Waals surface area (Å²) in [5.41, 5.74) is 1.12. The van der Waals surface area contributed by atoms with Gasteiger partial charge >= 0.3 is 0 Å². The van der Waals surface area contributed by atoms with Crippen molar-refractivity contribution in [1.82, 2.24) is 9.97 Å². The van der Waals surface area contributed by atoms with E-state index in [0.29, 0.717) is 12.4 Å². The molecule has 2 heterocycles. The number of hydrogen-bond donors (Lipinski definition) is 1. The lowest BCUT2D eigenvalue weighted by atomic mass is 10.2. The average Bonchev–Trinajstić information content (AvgIpc) is 2.93. The number of nitrogens with zero attached hydrogens (tertiary/aromatic N) is 3. The van der Waals surface area contributed by atoms with Crippen molar-refractivity contribution >= 4 is 18.0 Å². The summed E-state index contributed by atoms with van der Waals surface area (Å²) in [7, 11) is 0. The molecule has 4 heteroatoms. The van der Waals surface area contributed by atoms with Crippen LogP contribution in [0.1, 0.15) is 17.8 Å². The highest BCUT2D eigenvalue weighted by Crippen LogP contribution is 2.18. The van der Waals surface area contributed by atoms with Crippen LogP contribution >= 0.6 is 0 Å². The molecule has 0 spiro atoms. The largest absolute Gasteiger partial charge is 0.391 e. The smallest absolute Gasteiger partial charge is 0.154 e. The third-order valence-corrected chi connectivity index (χ3v) is 3.37. The maximum atomic E-state index is 9.58. The van der Waals surface area contributed by atoms with E-state index in [4.69, 9.17) is 0 Å². The second-order valence-corrected chi connectivity index (χ2v) is 4.91. The summed E-state index contributed by atoms with van der Waals surface area (Å²) in [6.45, 7) is 1.50. The van der Waals surface area contributed by atoms with Gasteiger partial charge in [0.25, 0.3) is 0 Å². The minimum absolute atomic E-state index is 0.242. The number of aliphatic hydroxyl groups excluding tert-OH is 1. The summed E-state index contributed by atoms with van der Waals surface area (Å²) in [6, 6.07) is 12.0. The van der Waals surface area contributed by atoms with Gasteiger partial charge < -0.3 is 10.0 Å². The zero-order valence-electron chi connectivity index (χ0n) is 11.2. The number of benzene rings is 1. The highest BCUT2D eigenvalue weighted by Gasteiger charge is 2.21. The van der Waals surface area contributed by atoms with Gasteiger partial charge in [0, 0.05) is 19.3 Å². The lowest BCUT2D eigenvalue weighted by Crippen LogP contribution is -2.22. The van der Waals surface area contributed by atoms with Crippen LogP contribution in [0.3, 0.4) is 0 Å². The second kappa shape index (κ2) is 5.84. The monoisotopic (exact) mass is 267 g/mol. The Hall–Kier alpha value is -2.20. The fraction of sp³-hybridized carbons (Fsp3) is 0.250.